The van der Waals surface area contributed by atoms with Gasteiger partial charge in [-0.1, -0.05) is 6.92 Å². The molecule has 0 N–H and O–H groups in total. The molecule has 0 aromatic carbocycles. The van der Waals surface area contributed by atoms with Crippen LogP contribution in [0.15, 0.2) is 24.5 Å². The predicted octanol–water partition coefficient (Wildman–Crippen LogP) is 2.47. The van der Waals surface area contributed by atoms with E-state index in [9.17, 15) is 9.59 Å². The van der Waals surface area contributed by atoms with Crippen LogP contribution in [0, 0.1) is 17.3 Å². The molecule has 1 aliphatic carbocycles. The molecule has 5 nitrogen and oxygen atoms in total. The molecular formula is C19H25N3O2. The van der Waals surface area contributed by atoms with Crippen LogP contribution in [-0.2, 0) is 9.59 Å². The van der Waals surface area contributed by atoms with Gasteiger partial charge in [0.25, 0.3) is 0 Å². The van der Waals surface area contributed by atoms with Gasteiger partial charge in [0, 0.05) is 31.7 Å². The summed E-state index contributed by atoms with van der Waals surface area (Å²) < 4.78 is 0. The number of hydrogen-bond donors (Lipinski definition) is 0. The van der Waals surface area contributed by atoms with Crippen molar-refractivity contribution in [1.82, 2.24) is 9.88 Å². The summed E-state index contributed by atoms with van der Waals surface area (Å²) in [5.74, 6) is 1.47. The van der Waals surface area contributed by atoms with Gasteiger partial charge in [-0.3, -0.25) is 14.6 Å². The number of hydrogen-bond acceptors (Lipinski definition) is 3. The summed E-state index contributed by atoms with van der Waals surface area (Å²) in [5.41, 5.74) is 0.626. The lowest BCUT2D eigenvalue weighted by molar-refractivity contribution is -0.144. The molecule has 2 saturated heterocycles. The van der Waals surface area contributed by atoms with Gasteiger partial charge in [0.2, 0.25) is 11.8 Å². The molecule has 1 saturated carbocycles. The maximum Gasteiger partial charge on any atom is 0.233 e. The van der Waals surface area contributed by atoms with Crippen molar-refractivity contribution in [3.05, 3.63) is 24.5 Å². The van der Waals surface area contributed by atoms with Gasteiger partial charge in [0.15, 0.2) is 0 Å². The molecule has 3 heterocycles. The summed E-state index contributed by atoms with van der Waals surface area (Å²) in [6, 6.07) is 3.81. The Morgan fingerprint density at radius 2 is 1.92 bits per heavy atom. The maximum atomic E-state index is 13.0. The van der Waals surface area contributed by atoms with Crippen molar-refractivity contribution in [2.75, 3.05) is 24.5 Å². The third-order valence-corrected chi connectivity index (χ3v) is 6.23. The van der Waals surface area contributed by atoms with E-state index in [1.807, 2.05) is 21.9 Å². The second-order valence-electron chi connectivity index (χ2n) is 7.80. The van der Waals surface area contributed by atoms with Gasteiger partial charge in [0.05, 0.1) is 17.3 Å². The first-order valence-corrected chi connectivity index (χ1v) is 9.10. The van der Waals surface area contributed by atoms with Crippen LogP contribution in [0.5, 0.6) is 0 Å². The van der Waals surface area contributed by atoms with Crippen LogP contribution in [0.2, 0.25) is 0 Å². The first-order valence-electron chi connectivity index (χ1n) is 9.10. The summed E-state index contributed by atoms with van der Waals surface area (Å²) in [5, 5.41) is 0. The number of amides is 2. The quantitative estimate of drug-likeness (QED) is 0.838. The molecule has 3 fully saturated rings. The van der Waals surface area contributed by atoms with E-state index in [-0.39, 0.29) is 17.2 Å². The summed E-state index contributed by atoms with van der Waals surface area (Å²) >= 11 is 0. The summed E-state index contributed by atoms with van der Waals surface area (Å²) in [6.45, 7) is 4.43. The highest BCUT2D eigenvalue weighted by Gasteiger charge is 2.49. The summed E-state index contributed by atoms with van der Waals surface area (Å²) in [4.78, 5) is 33.5. The Bertz CT molecular complexity index is 631. The van der Waals surface area contributed by atoms with Gasteiger partial charge in [-0.15, -0.1) is 0 Å². The fourth-order valence-corrected chi connectivity index (χ4v) is 4.56. The SMILES string of the molecule is CC1CC(C(=O)N2CCC3(CC2)CCN(c2cccnc2)C3=O)C1. The lowest BCUT2D eigenvalue weighted by Crippen LogP contribution is -2.49. The number of anilines is 1. The van der Waals surface area contributed by atoms with Crippen LogP contribution >= 0.6 is 0 Å². The minimum Gasteiger partial charge on any atom is -0.342 e. The average molecular weight is 327 g/mol. The third-order valence-electron chi connectivity index (χ3n) is 6.23. The average Bonchev–Trinajstić information content (AvgIpc) is 2.90. The maximum absolute atomic E-state index is 13.0. The third kappa shape index (κ3) is 2.50. The van der Waals surface area contributed by atoms with E-state index in [1.54, 1.807) is 12.4 Å². The van der Waals surface area contributed by atoms with E-state index >= 15 is 0 Å². The summed E-state index contributed by atoms with van der Waals surface area (Å²) in [6.07, 6.45) is 8.05. The highest BCUT2D eigenvalue weighted by atomic mass is 16.2. The van der Waals surface area contributed by atoms with Crippen LogP contribution in [0.4, 0.5) is 5.69 Å². The van der Waals surface area contributed by atoms with Crippen molar-refractivity contribution >= 4 is 17.5 Å². The molecule has 5 heteroatoms. The van der Waals surface area contributed by atoms with Gasteiger partial charge in [0.1, 0.15) is 0 Å². The Kier molecular flexibility index (Phi) is 3.82. The lowest BCUT2D eigenvalue weighted by atomic mass is 9.73. The molecule has 1 aromatic heterocycles. The van der Waals surface area contributed by atoms with E-state index in [2.05, 4.69) is 11.9 Å². The highest BCUT2D eigenvalue weighted by Crippen LogP contribution is 2.44. The van der Waals surface area contributed by atoms with Gasteiger partial charge < -0.3 is 9.80 Å². The van der Waals surface area contributed by atoms with Gasteiger partial charge >= 0.3 is 0 Å². The molecule has 0 bridgehead atoms. The number of aromatic nitrogens is 1. The standard InChI is InChI=1S/C19H25N3O2/c1-14-11-15(12-14)17(23)21-8-4-19(5-9-21)6-10-22(18(19)24)16-3-2-7-20-13-16/h2-3,7,13-15H,4-6,8-12H2,1H3. The minimum atomic E-state index is -0.264. The Balaban J connectivity index is 1.40. The number of rotatable bonds is 2. The second kappa shape index (κ2) is 5.87. The Labute approximate surface area is 143 Å². The minimum absolute atomic E-state index is 0.222. The van der Waals surface area contributed by atoms with Crippen molar-refractivity contribution in [2.45, 2.75) is 39.0 Å². The van der Waals surface area contributed by atoms with Gasteiger partial charge in [-0.25, -0.2) is 0 Å². The number of carbonyl (C=O) groups excluding carboxylic acids is 2. The molecule has 1 aromatic rings. The topological polar surface area (TPSA) is 53.5 Å². The first kappa shape index (κ1) is 15.6. The number of carbonyl (C=O) groups is 2. The van der Waals surface area contributed by atoms with Gasteiger partial charge in [-0.05, 0) is 50.2 Å². The molecule has 24 heavy (non-hydrogen) atoms. The Hall–Kier alpha value is -1.91. The molecule has 3 aliphatic rings. The Morgan fingerprint density at radius 3 is 2.54 bits per heavy atom. The number of likely N-dealkylation sites (tertiary alicyclic amines) is 1. The number of pyridine rings is 1. The van der Waals surface area contributed by atoms with Crippen molar-refractivity contribution in [1.29, 1.82) is 0 Å². The highest BCUT2D eigenvalue weighted by molar-refractivity contribution is 6.00. The van der Waals surface area contributed by atoms with Crippen LogP contribution in [-0.4, -0.2) is 41.3 Å². The monoisotopic (exact) mass is 327 g/mol. The lowest BCUT2D eigenvalue weighted by Gasteiger charge is -2.41. The normalized spacial score (nSPS) is 29.0. The molecule has 2 amide bonds. The Morgan fingerprint density at radius 1 is 1.21 bits per heavy atom. The van der Waals surface area contributed by atoms with E-state index in [0.717, 1.165) is 57.4 Å². The first-order chi connectivity index (χ1) is 11.6. The van der Waals surface area contributed by atoms with E-state index in [1.165, 1.54) is 0 Å². The zero-order valence-corrected chi connectivity index (χ0v) is 14.3. The molecule has 4 rings (SSSR count). The fourth-order valence-electron chi connectivity index (χ4n) is 4.56. The molecule has 0 atom stereocenters. The zero-order valence-electron chi connectivity index (χ0n) is 14.3. The zero-order chi connectivity index (χ0) is 16.7. The van der Waals surface area contributed by atoms with Crippen molar-refractivity contribution in [3.8, 4) is 0 Å². The van der Waals surface area contributed by atoms with E-state index in [4.69, 9.17) is 0 Å². The number of nitrogens with zero attached hydrogens (tertiary/aromatic N) is 3. The second-order valence-corrected chi connectivity index (χ2v) is 7.80. The number of piperidine rings is 1. The van der Waals surface area contributed by atoms with Crippen molar-refractivity contribution < 1.29 is 9.59 Å². The molecule has 2 aliphatic heterocycles. The van der Waals surface area contributed by atoms with Crippen LogP contribution in [0.1, 0.15) is 39.0 Å². The molecule has 128 valence electrons. The van der Waals surface area contributed by atoms with Crippen LogP contribution in [0.25, 0.3) is 0 Å². The van der Waals surface area contributed by atoms with Gasteiger partial charge in [-0.2, -0.15) is 0 Å². The van der Waals surface area contributed by atoms with Crippen molar-refractivity contribution in [3.63, 3.8) is 0 Å². The van der Waals surface area contributed by atoms with Crippen molar-refractivity contribution in [2.24, 2.45) is 17.3 Å². The fraction of sp³-hybridized carbons (Fsp3) is 0.632. The van der Waals surface area contributed by atoms with Crippen LogP contribution in [0.3, 0.4) is 0 Å². The summed E-state index contributed by atoms with van der Waals surface area (Å²) in [7, 11) is 0. The smallest absolute Gasteiger partial charge is 0.233 e. The molecule has 0 radical (unpaired) electrons. The molecule has 1 spiro atoms. The van der Waals surface area contributed by atoms with E-state index in [0.29, 0.717) is 11.8 Å². The predicted molar refractivity (Wildman–Crippen MR) is 91.3 cm³/mol. The molecule has 0 unspecified atom stereocenters. The largest absolute Gasteiger partial charge is 0.342 e. The van der Waals surface area contributed by atoms with E-state index < -0.39 is 0 Å². The van der Waals surface area contributed by atoms with Crippen LogP contribution < -0.4 is 4.90 Å². The molecular weight excluding hydrogens is 302 g/mol.